The number of aromatic nitrogens is 1. The summed E-state index contributed by atoms with van der Waals surface area (Å²) in [6.07, 6.45) is 0.825. The Hall–Kier alpha value is -1.54. The van der Waals surface area contributed by atoms with Gasteiger partial charge < -0.3 is 20.2 Å². The van der Waals surface area contributed by atoms with Crippen LogP contribution < -0.4 is 5.46 Å². The van der Waals surface area contributed by atoms with E-state index in [1.54, 1.807) is 0 Å². The first-order valence-corrected chi connectivity index (χ1v) is 3.18. The zero-order chi connectivity index (χ0) is 10.0. The van der Waals surface area contributed by atoms with E-state index in [9.17, 15) is 14.5 Å². The molecule has 0 aromatic carbocycles. The molecular formula is C5H4BFN2O4. The Morgan fingerprint density at radius 3 is 2.62 bits per heavy atom. The van der Waals surface area contributed by atoms with Gasteiger partial charge in [0.2, 0.25) is 5.82 Å². The lowest BCUT2D eigenvalue weighted by atomic mass is 9.82. The van der Waals surface area contributed by atoms with Crippen molar-refractivity contribution in [3.8, 4) is 0 Å². The van der Waals surface area contributed by atoms with Crippen molar-refractivity contribution in [1.29, 1.82) is 0 Å². The van der Waals surface area contributed by atoms with E-state index in [2.05, 4.69) is 4.98 Å². The largest absolute Gasteiger partial charge is 0.492 e. The van der Waals surface area contributed by atoms with E-state index in [-0.39, 0.29) is 5.46 Å². The fourth-order valence-corrected chi connectivity index (χ4v) is 0.721. The van der Waals surface area contributed by atoms with Gasteiger partial charge in [0.15, 0.2) is 0 Å². The lowest BCUT2D eigenvalue weighted by Gasteiger charge is -1.97. The monoisotopic (exact) mass is 186 g/mol. The number of nitro groups is 1. The van der Waals surface area contributed by atoms with Crippen LogP contribution in [0, 0.1) is 15.9 Å². The lowest BCUT2D eigenvalue weighted by molar-refractivity contribution is -0.392. The predicted molar refractivity (Wildman–Crippen MR) is 40.7 cm³/mol. The van der Waals surface area contributed by atoms with Crippen LogP contribution in [-0.4, -0.2) is 27.1 Å². The molecule has 1 rings (SSSR count). The Balaban J connectivity index is 3.13. The Morgan fingerprint density at radius 1 is 1.62 bits per heavy atom. The van der Waals surface area contributed by atoms with Crippen LogP contribution in [0.25, 0.3) is 0 Å². The number of hydrogen-bond acceptors (Lipinski definition) is 5. The molecule has 68 valence electrons. The summed E-state index contributed by atoms with van der Waals surface area (Å²) in [5.74, 6) is -2.14. The van der Waals surface area contributed by atoms with Crippen molar-refractivity contribution in [2.24, 2.45) is 0 Å². The fourth-order valence-electron chi connectivity index (χ4n) is 0.721. The van der Waals surface area contributed by atoms with E-state index < -0.39 is 23.7 Å². The van der Waals surface area contributed by atoms with E-state index >= 15 is 0 Å². The molecule has 8 heteroatoms. The van der Waals surface area contributed by atoms with E-state index in [0.717, 1.165) is 6.20 Å². The first-order chi connectivity index (χ1) is 6.02. The minimum absolute atomic E-state index is 0.233. The minimum Gasteiger partial charge on any atom is -0.423 e. The highest BCUT2D eigenvalue weighted by molar-refractivity contribution is 6.58. The molecule has 0 unspecified atom stereocenters. The van der Waals surface area contributed by atoms with Gasteiger partial charge in [-0.15, -0.1) is 0 Å². The number of pyridine rings is 1. The summed E-state index contributed by atoms with van der Waals surface area (Å²) in [6.45, 7) is 0. The molecule has 1 heterocycles. The maximum Gasteiger partial charge on any atom is 0.492 e. The summed E-state index contributed by atoms with van der Waals surface area (Å²) in [7, 11) is -1.89. The molecular weight excluding hydrogens is 182 g/mol. The molecule has 0 bridgehead atoms. The lowest BCUT2D eigenvalue weighted by Crippen LogP contribution is -2.30. The van der Waals surface area contributed by atoms with Crippen LogP contribution in [0.4, 0.5) is 10.2 Å². The Morgan fingerprint density at radius 2 is 2.23 bits per heavy atom. The minimum atomic E-state index is -1.89. The Labute approximate surface area is 72.0 Å². The van der Waals surface area contributed by atoms with Crippen LogP contribution in [0.15, 0.2) is 12.3 Å². The molecule has 1 aromatic heterocycles. The van der Waals surface area contributed by atoms with Gasteiger partial charge in [-0.3, -0.25) is 0 Å². The summed E-state index contributed by atoms with van der Waals surface area (Å²) in [4.78, 5) is 12.2. The first-order valence-electron chi connectivity index (χ1n) is 3.18. The van der Waals surface area contributed by atoms with E-state index in [4.69, 9.17) is 10.0 Å². The van der Waals surface area contributed by atoms with Gasteiger partial charge in [0, 0.05) is 5.46 Å². The van der Waals surface area contributed by atoms with Gasteiger partial charge in [-0.1, -0.05) is 0 Å². The molecule has 1 aromatic rings. The van der Waals surface area contributed by atoms with Gasteiger partial charge in [-0.25, -0.2) is 0 Å². The molecule has 0 aliphatic rings. The summed E-state index contributed by atoms with van der Waals surface area (Å²) < 4.78 is 12.7. The molecule has 0 atom stereocenters. The molecule has 0 saturated carbocycles. The van der Waals surface area contributed by atoms with Crippen molar-refractivity contribution in [3.05, 3.63) is 28.2 Å². The fraction of sp³-hybridized carbons (Fsp3) is 0. The molecule has 0 aliphatic heterocycles. The molecule has 6 nitrogen and oxygen atoms in total. The Kier molecular flexibility index (Phi) is 2.54. The molecule has 2 N–H and O–H groups in total. The van der Waals surface area contributed by atoms with Gasteiger partial charge in [0.1, 0.15) is 6.20 Å². The van der Waals surface area contributed by atoms with E-state index in [1.165, 1.54) is 0 Å². The second-order valence-electron chi connectivity index (χ2n) is 2.20. The van der Waals surface area contributed by atoms with E-state index in [1.807, 2.05) is 0 Å². The SMILES string of the molecule is O=[N+]([O-])c1ncc(B(O)O)cc1F. The zero-order valence-electron chi connectivity index (χ0n) is 6.22. The maximum atomic E-state index is 12.7. The summed E-state index contributed by atoms with van der Waals surface area (Å²) in [5.41, 5.74) is -0.233. The van der Waals surface area contributed by atoms with Crippen molar-refractivity contribution < 1.29 is 19.4 Å². The van der Waals surface area contributed by atoms with Crippen molar-refractivity contribution in [3.63, 3.8) is 0 Å². The number of nitrogens with zero attached hydrogens (tertiary/aromatic N) is 2. The third kappa shape index (κ3) is 1.98. The molecule has 0 saturated heterocycles. The topological polar surface area (TPSA) is 96.5 Å². The Bertz CT molecular complexity index is 345. The van der Waals surface area contributed by atoms with Gasteiger partial charge >= 0.3 is 12.9 Å². The van der Waals surface area contributed by atoms with Gasteiger partial charge in [-0.2, -0.15) is 4.39 Å². The zero-order valence-corrected chi connectivity index (χ0v) is 6.22. The van der Waals surface area contributed by atoms with Crippen LogP contribution in [-0.2, 0) is 0 Å². The summed E-state index contributed by atoms with van der Waals surface area (Å²) in [5, 5.41) is 27.2. The highest BCUT2D eigenvalue weighted by Gasteiger charge is 2.21. The van der Waals surface area contributed by atoms with Gasteiger partial charge in [0.05, 0.1) is 0 Å². The second kappa shape index (κ2) is 3.46. The molecule has 0 aliphatic carbocycles. The quantitative estimate of drug-likeness (QED) is 0.343. The van der Waals surface area contributed by atoms with E-state index in [0.29, 0.717) is 6.07 Å². The summed E-state index contributed by atoms with van der Waals surface area (Å²) in [6, 6.07) is 0.649. The van der Waals surface area contributed by atoms with Crippen molar-refractivity contribution in [1.82, 2.24) is 4.98 Å². The average Bonchev–Trinajstić information content (AvgIpc) is 2.03. The van der Waals surface area contributed by atoms with Gasteiger partial charge in [0.25, 0.3) is 0 Å². The third-order valence-corrected chi connectivity index (χ3v) is 1.31. The van der Waals surface area contributed by atoms with Crippen molar-refractivity contribution in [2.75, 3.05) is 0 Å². The standard InChI is InChI=1S/C5H4BFN2O4/c7-4-1-3(6(10)11)2-8-5(4)9(12)13/h1-2,10-11H. The van der Waals surface area contributed by atoms with Crippen molar-refractivity contribution >= 4 is 18.4 Å². The molecule has 0 spiro atoms. The smallest absolute Gasteiger partial charge is 0.423 e. The predicted octanol–water partition coefficient (Wildman–Crippen LogP) is -1.19. The van der Waals surface area contributed by atoms with Crippen LogP contribution in [0.2, 0.25) is 0 Å². The average molecular weight is 186 g/mol. The molecule has 0 fully saturated rings. The number of hydrogen-bond donors (Lipinski definition) is 2. The second-order valence-corrected chi connectivity index (χ2v) is 2.20. The highest BCUT2D eigenvalue weighted by atomic mass is 19.1. The number of halogens is 1. The maximum absolute atomic E-state index is 12.7. The van der Waals surface area contributed by atoms with Crippen LogP contribution >= 0.6 is 0 Å². The third-order valence-electron chi connectivity index (χ3n) is 1.31. The normalized spacial score (nSPS) is 9.77. The number of rotatable bonds is 2. The summed E-state index contributed by atoms with van der Waals surface area (Å²) >= 11 is 0. The highest BCUT2D eigenvalue weighted by Crippen LogP contribution is 2.09. The van der Waals surface area contributed by atoms with Gasteiger partial charge in [-0.05, 0) is 16.0 Å². The van der Waals surface area contributed by atoms with Crippen LogP contribution in [0.1, 0.15) is 0 Å². The van der Waals surface area contributed by atoms with Crippen LogP contribution in [0.5, 0.6) is 0 Å². The molecule has 0 radical (unpaired) electrons. The molecule has 0 amide bonds. The first kappa shape index (κ1) is 9.55. The molecule has 13 heavy (non-hydrogen) atoms. The van der Waals surface area contributed by atoms with Crippen LogP contribution in [0.3, 0.4) is 0 Å². The van der Waals surface area contributed by atoms with Crippen molar-refractivity contribution in [2.45, 2.75) is 0 Å².